The van der Waals surface area contributed by atoms with Crippen molar-refractivity contribution in [3.63, 3.8) is 0 Å². The number of nitrogens with one attached hydrogen (secondary N) is 2. The highest BCUT2D eigenvalue weighted by Crippen LogP contribution is 2.22. The number of carboxylic acid groups (broad SMARTS) is 1. The molecule has 0 atom stereocenters. The highest BCUT2D eigenvalue weighted by atomic mass is 35.5. The predicted molar refractivity (Wildman–Crippen MR) is 103 cm³/mol. The van der Waals surface area contributed by atoms with Crippen molar-refractivity contribution < 1.29 is 23.9 Å². The minimum absolute atomic E-state index is 0.0681. The summed E-state index contributed by atoms with van der Waals surface area (Å²) in [7, 11) is 0. The molecule has 6 nitrogen and oxygen atoms in total. The van der Waals surface area contributed by atoms with Crippen LogP contribution >= 0.6 is 23.4 Å². The minimum atomic E-state index is -1.03. The number of amides is 2. The lowest BCUT2D eigenvalue weighted by atomic mass is 10.2. The van der Waals surface area contributed by atoms with Crippen molar-refractivity contribution >= 4 is 52.5 Å². The number of aliphatic carboxylic acids is 1. The van der Waals surface area contributed by atoms with Gasteiger partial charge in [0, 0.05) is 22.7 Å². The largest absolute Gasteiger partial charge is 0.481 e. The number of hydrogen-bond donors (Lipinski definition) is 3. The first-order valence-electron chi connectivity index (χ1n) is 7.83. The topological polar surface area (TPSA) is 95.5 Å². The van der Waals surface area contributed by atoms with Crippen LogP contribution in [0.1, 0.15) is 12.8 Å². The van der Waals surface area contributed by atoms with Gasteiger partial charge >= 0.3 is 5.97 Å². The van der Waals surface area contributed by atoms with E-state index in [0.29, 0.717) is 11.4 Å². The van der Waals surface area contributed by atoms with Crippen molar-refractivity contribution in [3.05, 3.63) is 53.3 Å². The second kappa shape index (κ2) is 9.94. The van der Waals surface area contributed by atoms with E-state index in [1.54, 1.807) is 24.3 Å². The molecule has 2 amide bonds. The maximum Gasteiger partial charge on any atom is 0.303 e. The van der Waals surface area contributed by atoms with E-state index in [1.807, 2.05) is 0 Å². The van der Waals surface area contributed by atoms with E-state index in [0.717, 1.165) is 4.90 Å². The zero-order valence-corrected chi connectivity index (χ0v) is 15.6. The zero-order valence-electron chi connectivity index (χ0n) is 14.0. The third-order valence-electron chi connectivity index (χ3n) is 3.28. The number of carbonyl (C=O) groups is 3. The van der Waals surface area contributed by atoms with Gasteiger partial charge in [0.2, 0.25) is 11.8 Å². The van der Waals surface area contributed by atoms with Crippen molar-refractivity contribution in [2.24, 2.45) is 0 Å². The lowest BCUT2D eigenvalue weighted by Gasteiger charge is -2.07. The molecule has 0 saturated heterocycles. The van der Waals surface area contributed by atoms with Crippen LogP contribution in [0.3, 0.4) is 0 Å². The molecule has 3 N–H and O–H groups in total. The number of anilines is 2. The molecule has 0 aliphatic carbocycles. The molecule has 9 heteroatoms. The average Bonchev–Trinajstić information content (AvgIpc) is 2.62. The maximum atomic E-state index is 13.1. The van der Waals surface area contributed by atoms with Crippen molar-refractivity contribution in [2.45, 2.75) is 17.7 Å². The van der Waals surface area contributed by atoms with Gasteiger partial charge in [-0.25, -0.2) is 4.39 Å². The summed E-state index contributed by atoms with van der Waals surface area (Å²) in [6, 6.07) is 10.7. The molecule has 2 rings (SSSR count). The Morgan fingerprint density at radius 2 is 1.59 bits per heavy atom. The van der Waals surface area contributed by atoms with Crippen LogP contribution in [0.2, 0.25) is 5.02 Å². The van der Waals surface area contributed by atoms with Gasteiger partial charge in [-0.05, 0) is 42.5 Å². The van der Waals surface area contributed by atoms with Crippen LogP contribution in [-0.2, 0) is 14.4 Å². The van der Waals surface area contributed by atoms with Crippen LogP contribution in [0.4, 0.5) is 15.8 Å². The second-order valence-electron chi connectivity index (χ2n) is 5.43. The fourth-order valence-corrected chi connectivity index (χ4v) is 2.88. The van der Waals surface area contributed by atoms with E-state index in [-0.39, 0.29) is 35.4 Å². The Morgan fingerprint density at radius 3 is 2.22 bits per heavy atom. The Morgan fingerprint density at radius 1 is 0.963 bits per heavy atom. The number of carbonyl (C=O) groups excluding carboxylic acids is 2. The van der Waals surface area contributed by atoms with Gasteiger partial charge in [-0.15, -0.1) is 11.8 Å². The van der Waals surface area contributed by atoms with Crippen LogP contribution in [0, 0.1) is 5.82 Å². The first-order chi connectivity index (χ1) is 12.8. The Labute approximate surface area is 164 Å². The molecule has 0 aliphatic rings. The Hall–Kier alpha value is -2.58. The quantitative estimate of drug-likeness (QED) is 0.571. The molecule has 0 heterocycles. The van der Waals surface area contributed by atoms with Gasteiger partial charge in [-0.2, -0.15) is 0 Å². The first kappa shape index (κ1) is 20.7. The molecule has 0 aromatic heterocycles. The van der Waals surface area contributed by atoms with Crippen molar-refractivity contribution in [2.75, 3.05) is 16.4 Å². The summed E-state index contributed by atoms with van der Waals surface area (Å²) < 4.78 is 13.1. The van der Waals surface area contributed by atoms with E-state index in [1.165, 1.54) is 30.0 Å². The highest BCUT2D eigenvalue weighted by molar-refractivity contribution is 8.00. The van der Waals surface area contributed by atoms with Crippen LogP contribution in [-0.4, -0.2) is 28.6 Å². The molecule has 0 radical (unpaired) electrons. The summed E-state index contributed by atoms with van der Waals surface area (Å²) in [5.41, 5.74) is 0.951. The molecule has 0 unspecified atom stereocenters. The van der Waals surface area contributed by atoms with Crippen molar-refractivity contribution in [1.29, 1.82) is 0 Å². The smallest absolute Gasteiger partial charge is 0.303 e. The van der Waals surface area contributed by atoms with E-state index in [2.05, 4.69) is 10.6 Å². The predicted octanol–water partition coefficient (Wildman–Crippen LogP) is 4.01. The Kier molecular flexibility index (Phi) is 7.63. The first-order valence-corrected chi connectivity index (χ1v) is 9.19. The van der Waals surface area contributed by atoms with Gasteiger partial charge in [0.15, 0.2) is 0 Å². The van der Waals surface area contributed by atoms with Crippen LogP contribution in [0.25, 0.3) is 0 Å². The molecule has 0 saturated carbocycles. The third kappa shape index (κ3) is 7.28. The third-order valence-corrected chi connectivity index (χ3v) is 4.58. The van der Waals surface area contributed by atoms with E-state index in [9.17, 15) is 18.8 Å². The van der Waals surface area contributed by atoms with E-state index >= 15 is 0 Å². The summed E-state index contributed by atoms with van der Waals surface area (Å²) in [6.07, 6.45) is -0.326. The number of rotatable bonds is 8. The number of halogens is 2. The van der Waals surface area contributed by atoms with E-state index in [4.69, 9.17) is 16.7 Å². The Bertz CT molecular complexity index is 846. The fourth-order valence-electron chi connectivity index (χ4n) is 2.00. The maximum absolute atomic E-state index is 13.1. The molecular formula is C18H16ClFN2O4S. The van der Waals surface area contributed by atoms with Gasteiger partial charge in [0.05, 0.1) is 17.2 Å². The number of benzene rings is 2. The van der Waals surface area contributed by atoms with Gasteiger partial charge in [-0.1, -0.05) is 11.6 Å². The zero-order chi connectivity index (χ0) is 19.8. The average molecular weight is 411 g/mol. The minimum Gasteiger partial charge on any atom is -0.481 e. The summed E-state index contributed by atoms with van der Waals surface area (Å²) in [5.74, 6) is -2.10. The molecule has 2 aromatic carbocycles. The molecule has 0 bridgehead atoms. The van der Waals surface area contributed by atoms with Crippen molar-refractivity contribution in [3.8, 4) is 0 Å². The second-order valence-corrected chi connectivity index (χ2v) is 6.89. The molecular weight excluding hydrogens is 395 g/mol. The number of thioether (sulfide) groups is 1. The van der Waals surface area contributed by atoms with Crippen LogP contribution in [0.5, 0.6) is 0 Å². The SMILES string of the molecule is O=C(O)CCC(=O)Nc1ccc(SCC(=O)Nc2ccc(F)c(Cl)c2)cc1. The van der Waals surface area contributed by atoms with Gasteiger partial charge in [-0.3, -0.25) is 14.4 Å². The van der Waals surface area contributed by atoms with E-state index < -0.39 is 11.8 Å². The summed E-state index contributed by atoms with van der Waals surface area (Å²) in [4.78, 5) is 34.8. The molecule has 27 heavy (non-hydrogen) atoms. The monoisotopic (exact) mass is 410 g/mol. The lowest BCUT2D eigenvalue weighted by molar-refractivity contribution is -0.138. The molecule has 142 valence electrons. The van der Waals surface area contributed by atoms with Crippen LogP contribution < -0.4 is 10.6 Å². The van der Waals surface area contributed by atoms with Gasteiger partial charge < -0.3 is 15.7 Å². The highest BCUT2D eigenvalue weighted by Gasteiger charge is 2.08. The molecule has 0 spiro atoms. The fraction of sp³-hybridized carbons (Fsp3) is 0.167. The summed E-state index contributed by atoms with van der Waals surface area (Å²) in [5, 5.41) is 13.7. The number of carboxylic acids is 1. The molecule has 2 aromatic rings. The van der Waals surface area contributed by atoms with Gasteiger partial charge in [0.25, 0.3) is 0 Å². The standard InChI is InChI=1S/C18H16ClFN2O4S/c19-14-9-12(3-6-15(14)20)22-17(24)10-27-13-4-1-11(2-5-13)21-16(23)7-8-18(25)26/h1-6,9H,7-8,10H2,(H,21,23)(H,22,24)(H,25,26). The summed E-state index contributed by atoms with van der Waals surface area (Å²) in [6.45, 7) is 0. The van der Waals surface area contributed by atoms with Crippen molar-refractivity contribution in [1.82, 2.24) is 0 Å². The van der Waals surface area contributed by atoms with Crippen LogP contribution in [0.15, 0.2) is 47.4 Å². The molecule has 0 aliphatic heterocycles. The lowest BCUT2D eigenvalue weighted by Crippen LogP contribution is -2.14. The summed E-state index contributed by atoms with van der Waals surface area (Å²) >= 11 is 6.95. The number of hydrogen-bond acceptors (Lipinski definition) is 4. The Balaban J connectivity index is 1.80. The normalized spacial score (nSPS) is 10.3. The van der Waals surface area contributed by atoms with Gasteiger partial charge in [0.1, 0.15) is 5.82 Å². The molecule has 0 fully saturated rings.